The summed E-state index contributed by atoms with van der Waals surface area (Å²) in [6.07, 6.45) is 1.99. The maximum Gasteiger partial charge on any atom is 0.228 e. The second-order valence-corrected chi connectivity index (χ2v) is 6.26. The van der Waals surface area contributed by atoms with Gasteiger partial charge in [0.15, 0.2) is 11.5 Å². The molecule has 0 spiro atoms. The summed E-state index contributed by atoms with van der Waals surface area (Å²) in [7, 11) is 3.16. The third-order valence-electron chi connectivity index (χ3n) is 4.00. The Kier molecular flexibility index (Phi) is 8.46. The van der Waals surface area contributed by atoms with Gasteiger partial charge in [-0.25, -0.2) is 0 Å². The van der Waals surface area contributed by atoms with Crippen LogP contribution in [0, 0.1) is 0 Å². The van der Waals surface area contributed by atoms with Crippen LogP contribution in [0.1, 0.15) is 32.3 Å². The van der Waals surface area contributed by atoms with Crippen molar-refractivity contribution in [3.63, 3.8) is 0 Å². The Balaban J connectivity index is 2.10. The smallest absolute Gasteiger partial charge is 0.228 e. The van der Waals surface area contributed by atoms with Gasteiger partial charge in [-0.3, -0.25) is 4.79 Å². The molecule has 2 rings (SSSR count). The molecule has 0 saturated carbocycles. The molecule has 152 valence electrons. The molecular weight excluding hydrogens is 358 g/mol. The van der Waals surface area contributed by atoms with E-state index in [1.165, 1.54) is 0 Å². The summed E-state index contributed by atoms with van der Waals surface area (Å²) < 4.78 is 22.1. The zero-order valence-electron chi connectivity index (χ0n) is 17.0. The monoisotopic (exact) mass is 387 g/mol. The SMILES string of the molecule is CCCOc1ccc(NC(=O)Cc2ccc(OC)cc2OC)cc1OCCC. The summed E-state index contributed by atoms with van der Waals surface area (Å²) in [4.78, 5) is 12.5. The van der Waals surface area contributed by atoms with Crippen molar-refractivity contribution < 1.29 is 23.7 Å². The van der Waals surface area contributed by atoms with E-state index in [4.69, 9.17) is 18.9 Å². The van der Waals surface area contributed by atoms with Crippen molar-refractivity contribution in [1.82, 2.24) is 0 Å². The first kappa shape index (κ1) is 21.4. The molecule has 0 saturated heterocycles. The molecule has 0 aliphatic rings. The maximum atomic E-state index is 12.5. The van der Waals surface area contributed by atoms with Crippen LogP contribution in [0.15, 0.2) is 36.4 Å². The van der Waals surface area contributed by atoms with Crippen LogP contribution in [0.3, 0.4) is 0 Å². The highest BCUT2D eigenvalue weighted by atomic mass is 16.5. The van der Waals surface area contributed by atoms with Gasteiger partial charge in [0, 0.05) is 23.4 Å². The molecule has 0 aromatic heterocycles. The van der Waals surface area contributed by atoms with Gasteiger partial charge in [-0.15, -0.1) is 0 Å². The van der Waals surface area contributed by atoms with E-state index < -0.39 is 0 Å². The number of hydrogen-bond donors (Lipinski definition) is 1. The summed E-state index contributed by atoms with van der Waals surface area (Å²) in [5, 5.41) is 2.91. The van der Waals surface area contributed by atoms with E-state index in [1.54, 1.807) is 26.4 Å². The Bertz CT molecular complexity index is 776. The average molecular weight is 387 g/mol. The van der Waals surface area contributed by atoms with Crippen LogP contribution in [0.2, 0.25) is 0 Å². The van der Waals surface area contributed by atoms with Crippen LogP contribution in [0.5, 0.6) is 23.0 Å². The lowest BCUT2D eigenvalue weighted by atomic mass is 10.1. The van der Waals surface area contributed by atoms with Crippen LogP contribution in [-0.2, 0) is 11.2 Å². The summed E-state index contributed by atoms with van der Waals surface area (Å²) in [6.45, 7) is 5.30. The first-order chi connectivity index (χ1) is 13.6. The highest BCUT2D eigenvalue weighted by Gasteiger charge is 2.12. The van der Waals surface area contributed by atoms with Gasteiger partial charge >= 0.3 is 0 Å². The number of carbonyl (C=O) groups is 1. The molecule has 0 fully saturated rings. The molecule has 0 unspecified atom stereocenters. The van der Waals surface area contributed by atoms with Crippen molar-refractivity contribution in [3.05, 3.63) is 42.0 Å². The van der Waals surface area contributed by atoms with Crippen LogP contribution >= 0.6 is 0 Å². The van der Waals surface area contributed by atoms with Crippen molar-refractivity contribution in [3.8, 4) is 23.0 Å². The molecule has 0 radical (unpaired) electrons. The molecule has 6 nitrogen and oxygen atoms in total. The highest BCUT2D eigenvalue weighted by molar-refractivity contribution is 5.93. The number of methoxy groups -OCH3 is 2. The molecule has 6 heteroatoms. The second-order valence-electron chi connectivity index (χ2n) is 6.26. The first-order valence-corrected chi connectivity index (χ1v) is 9.51. The second kappa shape index (κ2) is 11.1. The zero-order chi connectivity index (χ0) is 20.4. The number of nitrogens with one attached hydrogen (secondary N) is 1. The average Bonchev–Trinajstić information content (AvgIpc) is 2.71. The van der Waals surface area contributed by atoms with E-state index in [-0.39, 0.29) is 12.3 Å². The lowest BCUT2D eigenvalue weighted by Crippen LogP contribution is -2.15. The minimum atomic E-state index is -0.146. The van der Waals surface area contributed by atoms with E-state index >= 15 is 0 Å². The summed E-state index contributed by atoms with van der Waals surface area (Å²) in [5.41, 5.74) is 1.44. The van der Waals surface area contributed by atoms with Crippen molar-refractivity contribution in [2.75, 3.05) is 32.8 Å². The number of carbonyl (C=O) groups excluding carboxylic acids is 1. The van der Waals surface area contributed by atoms with E-state index in [1.807, 2.05) is 31.2 Å². The van der Waals surface area contributed by atoms with Crippen LogP contribution in [0.25, 0.3) is 0 Å². The van der Waals surface area contributed by atoms with Crippen molar-refractivity contribution in [2.24, 2.45) is 0 Å². The summed E-state index contributed by atoms with van der Waals surface area (Å²) >= 11 is 0. The fraction of sp³-hybridized carbons (Fsp3) is 0.409. The quantitative estimate of drug-likeness (QED) is 0.616. The number of hydrogen-bond acceptors (Lipinski definition) is 5. The number of benzene rings is 2. The third kappa shape index (κ3) is 6.08. The number of amides is 1. The van der Waals surface area contributed by atoms with Gasteiger partial charge in [0.2, 0.25) is 5.91 Å². The minimum Gasteiger partial charge on any atom is -0.497 e. The molecule has 2 aromatic carbocycles. The number of ether oxygens (including phenoxy) is 4. The Labute approximate surface area is 166 Å². The van der Waals surface area contributed by atoms with Gasteiger partial charge < -0.3 is 24.3 Å². The Morgan fingerprint density at radius 2 is 1.57 bits per heavy atom. The number of rotatable bonds is 11. The molecule has 28 heavy (non-hydrogen) atoms. The molecule has 2 aromatic rings. The standard InChI is InChI=1S/C22H29NO5/c1-5-11-27-19-10-8-17(14-21(19)28-12-6-2)23-22(24)13-16-7-9-18(25-3)15-20(16)26-4/h7-10,14-15H,5-6,11-13H2,1-4H3,(H,23,24). The van der Waals surface area contributed by atoms with Gasteiger partial charge in [-0.05, 0) is 31.0 Å². The Hall–Kier alpha value is -2.89. The largest absolute Gasteiger partial charge is 0.497 e. The lowest BCUT2D eigenvalue weighted by Gasteiger charge is -2.14. The maximum absolute atomic E-state index is 12.5. The molecule has 1 amide bonds. The predicted molar refractivity (Wildman–Crippen MR) is 110 cm³/mol. The normalized spacial score (nSPS) is 10.3. The summed E-state index contributed by atoms with van der Waals surface area (Å²) in [5.74, 6) is 2.47. The molecule has 0 bridgehead atoms. The topological polar surface area (TPSA) is 66.0 Å². The van der Waals surface area contributed by atoms with Gasteiger partial charge in [0.25, 0.3) is 0 Å². The molecular formula is C22H29NO5. The van der Waals surface area contributed by atoms with Crippen LogP contribution < -0.4 is 24.3 Å². The third-order valence-corrected chi connectivity index (χ3v) is 4.00. The van der Waals surface area contributed by atoms with Crippen LogP contribution in [-0.4, -0.2) is 33.3 Å². The predicted octanol–water partition coefficient (Wildman–Crippen LogP) is 4.46. The van der Waals surface area contributed by atoms with E-state index in [0.717, 1.165) is 18.4 Å². The zero-order valence-corrected chi connectivity index (χ0v) is 17.0. The molecule has 0 aliphatic carbocycles. The van der Waals surface area contributed by atoms with Gasteiger partial charge in [-0.1, -0.05) is 19.9 Å². The fourth-order valence-electron chi connectivity index (χ4n) is 2.62. The molecule has 0 aliphatic heterocycles. The first-order valence-electron chi connectivity index (χ1n) is 9.51. The van der Waals surface area contributed by atoms with E-state index in [0.29, 0.717) is 41.9 Å². The Morgan fingerprint density at radius 3 is 2.21 bits per heavy atom. The van der Waals surface area contributed by atoms with Crippen molar-refractivity contribution >= 4 is 11.6 Å². The molecule has 0 atom stereocenters. The lowest BCUT2D eigenvalue weighted by molar-refractivity contribution is -0.115. The van der Waals surface area contributed by atoms with Crippen molar-refractivity contribution in [1.29, 1.82) is 0 Å². The minimum absolute atomic E-state index is 0.146. The summed E-state index contributed by atoms with van der Waals surface area (Å²) in [6, 6.07) is 10.8. The fourth-order valence-corrected chi connectivity index (χ4v) is 2.62. The number of anilines is 1. The van der Waals surface area contributed by atoms with E-state index in [9.17, 15) is 4.79 Å². The molecule has 0 heterocycles. The van der Waals surface area contributed by atoms with Gasteiger partial charge in [-0.2, -0.15) is 0 Å². The highest BCUT2D eigenvalue weighted by Crippen LogP contribution is 2.31. The van der Waals surface area contributed by atoms with Gasteiger partial charge in [0.05, 0.1) is 33.9 Å². The Morgan fingerprint density at radius 1 is 0.857 bits per heavy atom. The molecule has 1 N–H and O–H groups in total. The van der Waals surface area contributed by atoms with Gasteiger partial charge in [0.1, 0.15) is 11.5 Å². The van der Waals surface area contributed by atoms with E-state index in [2.05, 4.69) is 12.2 Å². The van der Waals surface area contributed by atoms with Crippen molar-refractivity contribution in [2.45, 2.75) is 33.1 Å². The van der Waals surface area contributed by atoms with Crippen LogP contribution in [0.4, 0.5) is 5.69 Å².